The van der Waals surface area contributed by atoms with Gasteiger partial charge in [0.25, 0.3) is 0 Å². The predicted octanol–water partition coefficient (Wildman–Crippen LogP) is 4.61. The van der Waals surface area contributed by atoms with Crippen LogP contribution in [0.5, 0.6) is 0 Å². The van der Waals surface area contributed by atoms with Crippen LogP contribution >= 0.6 is 22.7 Å². The lowest BCUT2D eigenvalue weighted by atomic mass is 10.1. The highest BCUT2D eigenvalue weighted by molar-refractivity contribution is 7.17. The number of nitrogens with one attached hydrogen (secondary N) is 1. The van der Waals surface area contributed by atoms with Crippen LogP contribution in [0.15, 0.2) is 54.2 Å². The lowest BCUT2D eigenvalue weighted by Crippen LogP contribution is -2.13. The molecule has 3 aromatic heterocycles. The summed E-state index contributed by atoms with van der Waals surface area (Å²) in [5, 5.41) is 4.94. The van der Waals surface area contributed by atoms with E-state index in [4.69, 9.17) is 0 Å². The third-order valence-electron chi connectivity index (χ3n) is 3.63. The summed E-state index contributed by atoms with van der Waals surface area (Å²) in [5.41, 5.74) is 2.70. The zero-order valence-electron chi connectivity index (χ0n) is 13.0. The fourth-order valence-electron chi connectivity index (χ4n) is 2.58. The number of fused-ring (bicyclic) bond motifs is 1. The van der Waals surface area contributed by atoms with Gasteiger partial charge in [0.1, 0.15) is 0 Å². The van der Waals surface area contributed by atoms with Gasteiger partial charge in [0.05, 0.1) is 12.1 Å². The Bertz CT molecular complexity index is 967. The maximum Gasteiger partial charge on any atom is 0.229 e. The Hall–Kier alpha value is -2.44. The second kappa shape index (κ2) is 6.22. The number of imidazole rings is 1. The third kappa shape index (κ3) is 3.11. The number of thiazole rings is 1. The van der Waals surface area contributed by atoms with Crippen LogP contribution in [-0.2, 0) is 11.2 Å². The fourth-order valence-corrected chi connectivity index (χ4v) is 4.10. The first-order chi connectivity index (χ1) is 11.7. The second-order valence-corrected chi connectivity index (χ2v) is 7.79. The molecule has 0 aliphatic heterocycles. The van der Waals surface area contributed by atoms with Crippen LogP contribution in [0, 0.1) is 6.92 Å². The minimum Gasteiger partial charge on any atom is -0.326 e. The Balaban J connectivity index is 1.54. The van der Waals surface area contributed by atoms with Gasteiger partial charge in [-0.1, -0.05) is 18.2 Å². The molecule has 24 heavy (non-hydrogen) atoms. The number of rotatable bonds is 4. The summed E-state index contributed by atoms with van der Waals surface area (Å²) in [7, 11) is 0. The molecule has 0 bridgehead atoms. The molecule has 0 saturated carbocycles. The van der Waals surface area contributed by atoms with Crippen molar-refractivity contribution in [2.24, 2.45) is 0 Å². The van der Waals surface area contributed by atoms with Crippen LogP contribution in [0.25, 0.3) is 16.2 Å². The van der Waals surface area contributed by atoms with Crippen molar-refractivity contribution in [2.75, 3.05) is 5.32 Å². The monoisotopic (exact) mass is 353 g/mol. The van der Waals surface area contributed by atoms with Gasteiger partial charge < -0.3 is 5.32 Å². The van der Waals surface area contributed by atoms with E-state index in [9.17, 15) is 4.79 Å². The number of aryl methyl sites for hydroxylation is 1. The molecule has 0 aliphatic carbocycles. The van der Waals surface area contributed by atoms with Gasteiger partial charge in [-0.2, -0.15) is 0 Å². The highest BCUT2D eigenvalue weighted by Crippen LogP contribution is 2.25. The van der Waals surface area contributed by atoms with Crippen LogP contribution in [0.3, 0.4) is 0 Å². The minimum atomic E-state index is -0.00366. The van der Waals surface area contributed by atoms with E-state index in [1.54, 1.807) is 22.7 Å². The van der Waals surface area contributed by atoms with Crippen molar-refractivity contribution in [3.05, 3.63) is 63.9 Å². The van der Waals surface area contributed by atoms with Crippen LogP contribution in [0.4, 0.5) is 5.69 Å². The average Bonchev–Trinajstić information content (AvgIpc) is 3.23. The highest BCUT2D eigenvalue weighted by Gasteiger charge is 2.09. The van der Waals surface area contributed by atoms with Gasteiger partial charge in [-0.05, 0) is 30.5 Å². The zero-order chi connectivity index (χ0) is 16.5. The number of hydrogen-bond donors (Lipinski definition) is 1. The normalized spacial score (nSPS) is 11.0. The first-order valence-electron chi connectivity index (χ1n) is 7.55. The fraction of sp³-hybridized carbons (Fsp3) is 0.111. The van der Waals surface area contributed by atoms with Crippen LogP contribution < -0.4 is 5.32 Å². The summed E-state index contributed by atoms with van der Waals surface area (Å²) in [5.74, 6) is -0.00366. The zero-order valence-corrected chi connectivity index (χ0v) is 14.7. The van der Waals surface area contributed by atoms with Crippen molar-refractivity contribution < 1.29 is 4.79 Å². The molecule has 120 valence electrons. The first-order valence-corrected chi connectivity index (χ1v) is 9.25. The molecule has 0 aliphatic rings. The quantitative estimate of drug-likeness (QED) is 0.582. The molecular weight excluding hydrogens is 338 g/mol. The Kier molecular flexibility index (Phi) is 3.92. The number of amides is 1. The van der Waals surface area contributed by atoms with Gasteiger partial charge in [0.2, 0.25) is 5.91 Å². The summed E-state index contributed by atoms with van der Waals surface area (Å²) in [4.78, 5) is 20.1. The maximum absolute atomic E-state index is 12.1. The molecule has 0 fully saturated rings. The summed E-state index contributed by atoms with van der Waals surface area (Å²) >= 11 is 3.26. The van der Waals surface area contributed by atoms with Gasteiger partial charge in [-0.3, -0.25) is 9.20 Å². The first kappa shape index (κ1) is 15.1. The molecule has 0 unspecified atom stereocenters. The summed E-state index contributed by atoms with van der Waals surface area (Å²) < 4.78 is 2.04. The van der Waals surface area contributed by atoms with Crippen molar-refractivity contribution in [2.45, 2.75) is 13.3 Å². The van der Waals surface area contributed by atoms with Crippen molar-refractivity contribution in [3.63, 3.8) is 0 Å². The average molecular weight is 353 g/mol. The third-order valence-corrected chi connectivity index (χ3v) is 5.42. The molecule has 4 aromatic rings. The molecule has 0 radical (unpaired) electrons. The highest BCUT2D eigenvalue weighted by atomic mass is 32.1. The van der Waals surface area contributed by atoms with Crippen molar-refractivity contribution >= 4 is 39.2 Å². The number of anilines is 1. The molecule has 3 heterocycles. The topological polar surface area (TPSA) is 46.4 Å². The predicted molar refractivity (Wildman–Crippen MR) is 99.9 cm³/mol. The van der Waals surface area contributed by atoms with Gasteiger partial charge in [0.15, 0.2) is 4.96 Å². The van der Waals surface area contributed by atoms with Gasteiger partial charge in [0, 0.05) is 33.4 Å². The number of hydrogen-bond acceptors (Lipinski definition) is 4. The van der Waals surface area contributed by atoms with Gasteiger partial charge in [-0.25, -0.2) is 4.98 Å². The van der Waals surface area contributed by atoms with E-state index in [0.29, 0.717) is 6.42 Å². The van der Waals surface area contributed by atoms with E-state index in [1.807, 2.05) is 52.4 Å². The van der Waals surface area contributed by atoms with Crippen LogP contribution in [0.1, 0.15) is 9.75 Å². The van der Waals surface area contributed by atoms with E-state index >= 15 is 0 Å². The summed E-state index contributed by atoms with van der Waals surface area (Å²) in [6.45, 7) is 2.07. The molecule has 1 amide bonds. The molecule has 4 rings (SSSR count). The number of thiophene rings is 1. The number of nitrogens with zero attached hydrogens (tertiary/aromatic N) is 2. The molecule has 6 heteroatoms. The van der Waals surface area contributed by atoms with E-state index < -0.39 is 0 Å². The lowest BCUT2D eigenvalue weighted by molar-refractivity contribution is -0.115. The molecule has 1 N–H and O–H groups in total. The molecular formula is C18H15N3OS2. The number of aromatic nitrogens is 2. The van der Waals surface area contributed by atoms with Crippen molar-refractivity contribution in [1.29, 1.82) is 0 Å². The Labute approximate surface area is 147 Å². The van der Waals surface area contributed by atoms with E-state index in [-0.39, 0.29) is 5.91 Å². The van der Waals surface area contributed by atoms with E-state index in [2.05, 4.69) is 23.4 Å². The largest absolute Gasteiger partial charge is 0.326 e. The Morgan fingerprint density at radius 1 is 1.25 bits per heavy atom. The van der Waals surface area contributed by atoms with E-state index in [1.165, 1.54) is 4.88 Å². The molecule has 0 atom stereocenters. The molecule has 4 nitrogen and oxygen atoms in total. The SMILES string of the molecule is Cc1cn2cc(-c3cccc(NC(=O)Cc4cccs4)c3)nc2s1. The van der Waals surface area contributed by atoms with Gasteiger partial charge >= 0.3 is 0 Å². The standard InChI is InChI=1S/C18H15N3OS2/c1-12-10-21-11-16(20-18(21)24-12)13-4-2-5-14(8-13)19-17(22)9-15-6-3-7-23-15/h2-8,10-11H,9H2,1H3,(H,19,22). The molecule has 0 spiro atoms. The number of carbonyl (C=O) groups excluding carboxylic acids is 1. The maximum atomic E-state index is 12.1. The smallest absolute Gasteiger partial charge is 0.229 e. The minimum absolute atomic E-state index is 0.00366. The number of carbonyl (C=O) groups is 1. The Morgan fingerprint density at radius 2 is 2.17 bits per heavy atom. The summed E-state index contributed by atoms with van der Waals surface area (Å²) in [6.07, 6.45) is 4.50. The second-order valence-electron chi connectivity index (χ2n) is 5.54. The Morgan fingerprint density at radius 3 is 2.96 bits per heavy atom. The number of benzene rings is 1. The van der Waals surface area contributed by atoms with E-state index in [0.717, 1.165) is 26.8 Å². The van der Waals surface area contributed by atoms with Crippen molar-refractivity contribution in [3.8, 4) is 11.3 Å². The van der Waals surface area contributed by atoms with Crippen molar-refractivity contribution in [1.82, 2.24) is 9.38 Å². The molecule has 0 saturated heterocycles. The van der Waals surface area contributed by atoms with Crippen LogP contribution in [0.2, 0.25) is 0 Å². The van der Waals surface area contributed by atoms with Crippen LogP contribution in [-0.4, -0.2) is 15.3 Å². The summed E-state index contributed by atoms with van der Waals surface area (Å²) in [6, 6.07) is 11.7. The lowest BCUT2D eigenvalue weighted by Gasteiger charge is -2.06. The van der Waals surface area contributed by atoms with Gasteiger partial charge in [-0.15, -0.1) is 22.7 Å². The molecule has 1 aromatic carbocycles.